The number of halogens is 3. The largest absolute Gasteiger partial charge is 2.00 e. The molecule has 0 spiro atoms. The molecule has 1 aromatic carbocycles. The molecule has 90 valence electrons. The van der Waals surface area contributed by atoms with Gasteiger partial charge in [-0.05, 0) is 25.7 Å². The van der Waals surface area contributed by atoms with Crippen molar-refractivity contribution in [3.05, 3.63) is 29.8 Å². The molecule has 1 aliphatic rings. The Morgan fingerprint density at radius 2 is 1.82 bits per heavy atom. The standard InChI is InChI=1S/C12H13F2O.BrH.Mg/c13-9-6-7-12(11(14)8-9)15-10-4-2-1-3-5-10;;/h6,8,10H,1-5H2;1H;/q-1;;+2/p-1. The number of rotatable bonds is 2. The predicted molar refractivity (Wildman–Crippen MR) is 58.4 cm³/mol. The molecule has 0 radical (unpaired) electrons. The van der Waals surface area contributed by atoms with Crippen LogP contribution in [0.15, 0.2) is 12.1 Å². The summed E-state index contributed by atoms with van der Waals surface area (Å²) in [5, 5.41) is 0. The summed E-state index contributed by atoms with van der Waals surface area (Å²) in [7, 11) is 0. The second-order valence-corrected chi connectivity index (χ2v) is 3.87. The van der Waals surface area contributed by atoms with Crippen molar-refractivity contribution in [2.24, 2.45) is 0 Å². The van der Waals surface area contributed by atoms with E-state index >= 15 is 0 Å². The van der Waals surface area contributed by atoms with Crippen LogP contribution in [0.4, 0.5) is 8.78 Å². The number of benzene rings is 1. The molecule has 0 amide bonds. The van der Waals surface area contributed by atoms with Gasteiger partial charge in [0.2, 0.25) is 0 Å². The van der Waals surface area contributed by atoms with E-state index in [0.29, 0.717) is 0 Å². The zero-order valence-corrected chi connectivity index (χ0v) is 12.5. The second kappa shape index (κ2) is 8.27. The molecule has 0 saturated heterocycles. The van der Waals surface area contributed by atoms with E-state index in [0.717, 1.165) is 37.8 Å². The Morgan fingerprint density at radius 3 is 2.41 bits per heavy atom. The Bertz CT molecular complexity index is 343. The molecule has 0 aromatic heterocycles. The fourth-order valence-corrected chi connectivity index (χ4v) is 1.87. The molecule has 1 aliphatic carbocycles. The van der Waals surface area contributed by atoms with Gasteiger partial charge in [-0.15, -0.1) is 12.1 Å². The van der Waals surface area contributed by atoms with Crippen LogP contribution in [0.5, 0.6) is 5.75 Å². The number of hydrogen-bond acceptors (Lipinski definition) is 1. The van der Waals surface area contributed by atoms with Gasteiger partial charge in [-0.1, -0.05) is 12.5 Å². The molecular formula is C12H13BrF2MgO. The van der Waals surface area contributed by atoms with Crippen LogP contribution in [0.25, 0.3) is 0 Å². The van der Waals surface area contributed by atoms with E-state index in [1.165, 1.54) is 6.42 Å². The molecule has 0 N–H and O–H groups in total. The maximum atomic E-state index is 13.2. The van der Waals surface area contributed by atoms with Crippen LogP contribution in [0.3, 0.4) is 0 Å². The van der Waals surface area contributed by atoms with Gasteiger partial charge in [0.25, 0.3) is 0 Å². The summed E-state index contributed by atoms with van der Waals surface area (Å²) >= 11 is 0. The molecule has 17 heavy (non-hydrogen) atoms. The zero-order chi connectivity index (χ0) is 10.7. The second-order valence-electron chi connectivity index (χ2n) is 3.87. The average Bonchev–Trinajstić information content (AvgIpc) is 2.24. The van der Waals surface area contributed by atoms with Crippen LogP contribution in [0.1, 0.15) is 32.1 Å². The van der Waals surface area contributed by atoms with Crippen LogP contribution < -0.4 is 21.7 Å². The summed E-state index contributed by atoms with van der Waals surface area (Å²) in [5.74, 6) is -1.24. The molecule has 1 nitrogen and oxygen atoms in total. The SMILES string of the molecule is Fc1c[c-]c(OC2CCCCC2)c(F)c1.[Br-].[Mg+2]. The summed E-state index contributed by atoms with van der Waals surface area (Å²) in [6, 6.07) is 4.41. The van der Waals surface area contributed by atoms with Crippen molar-refractivity contribution < 1.29 is 30.5 Å². The van der Waals surface area contributed by atoms with E-state index in [9.17, 15) is 8.78 Å². The van der Waals surface area contributed by atoms with Crippen LogP contribution in [0.2, 0.25) is 0 Å². The summed E-state index contributed by atoms with van der Waals surface area (Å²) in [4.78, 5) is 0. The van der Waals surface area contributed by atoms with Crippen molar-refractivity contribution in [2.75, 3.05) is 0 Å². The summed E-state index contributed by atoms with van der Waals surface area (Å²) in [5.41, 5.74) is 0. The fourth-order valence-electron chi connectivity index (χ4n) is 1.87. The summed E-state index contributed by atoms with van der Waals surface area (Å²) in [6.45, 7) is 0. The van der Waals surface area contributed by atoms with Gasteiger partial charge in [-0.25, -0.2) is 0 Å². The van der Waals surface area contributed by atoms with Crippen LogP contribution in [-0.2, 0) is 0 Å². The molecule has 2 rings (SSSR count). The van der Waals surface area contributed by atoms with E-state index in [-0.39, 0.29) is 51.9 Å². The van der Waals surface area contributed by atoms with Gasteiger partial charge in [-0.3, -0.25) is 8.78 Å². The quantitative estimate of drug-likeness (QED) is 0.556. The average molecular weight is 315 g/mol. The maximum absolute atomic E-state index is 13.2. The molecule has 1 aromatic rings. The van der Waals surface area contributed by atoms with Gasteiger partial charge < -0.3 is 21.7 Å². The van der Waals surface area contributed by atoms with E-state index in [2.05, 4.69) is 6.07 Å². The smallest absolute Gasteiger partial charge is 1.00 e. The molecular weight excluding hydrogens is 302 g/mol. The van der Waals surface area contributed by atoms with E-state index in [4.69, 9.17) is 4.74 Å². The normalized spacial score (nSPS) is 15.6. The zero-order valence-electron chi connectivity index (χ0n) is 9.52. The van der Waals surface area contributed by atoms with Gasteiger partial charge in [0, 0.05) is 11.6 Å². The van der Waals surface area contributed by atoms with Crippen molar-refractivity contribution in [3.8, 4) is 5.75 Å². The molecule has 0 heterocycles. The van der Waals surface area contributed by atoms with Crippen molar-refractivity contribution >= 4 is 23.1 Å². The molecule has 0 unspecified atom stereocenters. The topological polar surface area (TPSA) is 9.23 Å². The number of ether oxygens (including phenoxy) is 1. The Hall–Kier alpha value is 0.126. The van der Waals surface area contributed by atoms with Crippen LogP contribution >= 0.6 is 0 Å². The van der Waals surface area contributed by atoms with E-state index in [1.807, 2.05) is 0 Å². The van der Waals surface area contributed by atoms with Gasteiger partial charge in [-0.2, -0.15) is 0 Å². The van der Waals surface area contributed by atoms with Gasteiger partial charge in [0.1, 0.15) is 0 Å². The Labute approximate surface area is 127 Å². The molecule has 1 saturated carbocycles. The third kappa shape index (κ3) is 5.10. The molecule has 1 fully saturated rings. The Kier molecular flexibility index (Phi) is 8.33. The van der Waals surface area contributed by atoms with Crippen molar-refractivity contribution in [2.45, 2.75) is 38.2 Å². The fraction of sp³-hybridized carbons (Fsp3) is 0.500. The van der Waals surface area contributed by atoms with E-state index < -0.39 is 11.6 Å². The first-order valence-electron chi connectivity index (χ1n) is 5.29. The predicted octanol–water partition coefficient (Wildman–Crippen LogP) is 0.0997. The summed E-state index contributed by atoms with van der Waals surface area (Å²) in [6.07, 6.45) is 5.42. The first kappa shape index (κ1) is 17.1. The molecule has 5 heteroatoms. The van der Waals surface area contributed by atoms with Gasteiger partial charge in [0.15, 0.2) is 0 Å². The number of hydrogen-bond donors (Lipinski definition) is 0. The van der Waals surface area contributed by atoms with Crippen molar-refractivity contribution in [3.63, 3.8) is 0 Å². The Balaban J connectivity index is 0.00000128. The van der Waals surface area contributed by atoms with Gasteiger partial charge >= 0.3 is 23.1 Å². The third-order valence-corrected chi connectivity index (χ3v) is 2.66. The first-order valence-corrected chi connectivity index (χ1v) is 5.29. The maximum Gasteiger partial charge on any atom is 2.00 e. The minimum Gasteiger partial charge on any atom is -1.00 e. The van der Waals surface area contributed by atoms with Crippen LogP contribution in [0, 0.1) is 17.7 Å². The third-order valence-electron chi connectivity index (χ3n) is 2.66. The Morgan fingerprint density at radius 1 is 1.18 bits per heavy atom. The summed E-state index contributed by atoms with van der Waals surface area (Å²) < 4.78 is 31.3. The minimum absolute atomic E-state index is 0. The molecule has 0 atom stereocenters. The monoisotopic (exact) mass is 314 g/mol. The minimum atomic E-state index is -0.666. The van der Waals surface area contributed by atoms with Crippen molar-refractivity contribution in [1.29, 1.82) is 0 Å². The van der Waals surface area contributed by atoms with Crippen molar-refractivity contribution in [1.82, 2.24) is 0 Å². The first-order chi connectivity index (χ1) is 7.25. The van der Waals surface area contributed by atoms with Gasteiger partial charge in [0.05, 0.1) is 11.9 Å². The van der Waals surface area contributed by atoms with E-state index in [1.54, 1.807) is 0 Å². The molecule has 0 aliphatic heterocycles. The molecule has 0 bridgehead atoms. The van der Waals surface area contributed by atoms with Crippen LogP contribution in [-0.4, -0.2) is 29.2 Å².